The molecule has 0 unspecified atom stereocenters. The third-order valence-corrected chi connectivity index (χ3v) is 4.03. The summed E-state index contributed by atoms with van der Waals surface area (Å²) in [5.41, 5.74) is -0.924. The van der Waals surface area contributed by atoms with Crippen molar-refractivity contribution in [3.05, 3.63) is 27.8 Å². The summed E-state index contributed by atoms with van der Waals surface area (Å²) in [6, 6.07) is 2.24. The molecule has 0 saturated carbocycles. The quantitative estimate of drug-likeness (QED) is 0.441. The van der Waals surface area contributed by atoms with Gasteiger partial charge in [-0.2, -0.15) is 0 Å². The summed E-state index contributed by atoms with van der Waals surface area (Å²) >= 11 is 0. The molecule has 2 rings (SSSR count). The molecule has 8 nitrogen and oxygen atoms in total. The van der Waals surface area contributed by atoms with Crippen LogP contribution in [0.2, 0.25) is 0 Å². The van der Waals surface area contributed by atoms with E-state index in [0.29, 0.717) is 6.61 Å². The highest BCUT2D eigenvalue weighted by Crippen LogP contribution is 2.34. The lowest BCUT2D eigenvalue weighted by molar-refractivity contribution is -0.385. The number of rotatable bonds is 8. The highest BCUT2D eigenvalue weighted by molar-refractivity contribution is 5.93. The number of methoxy groups -OCH3 is 1. The molecule has 1 aromatic carbocycles. The maximum atomic E-state index is 11.1. The van der Waals surface area contributed by atoms with Crippen LogP contribution < -0.4 is 9.47 Å². The Labute approximate surface area is 140 Å². The number of carboxylic acids is 1. The Morgan fingerprint density at radius 3 is 2.58 bits per heavy atom. The first-order valence-corrected chi connectivity index (χ1v) is 7.98. The van der Waals surface area contributed by atoms with Gasteiger partial charge in [0.1, 0.15) is 5.56 Å². The number of benzene rings is 1. The minimum Gasteiger partial charge on any atom is -0.493 e. The molecule has 0 bridgehead atoms. The third-order valence-electron chi connectivity index (χ3n) is 4.03. The first-order chi connectivity index (χ1) is 11.5. The topological polar surface area (TPSA) is 102 Å². The van der Waals surface area contributed by atoms with E-state index in [1.807, 2.05) is 0 Å². The highest BCUT2D eigenvalue weighted by Gasteiger charge is 2.24. The molecule has 0 atom stereocenters. The van der Waals surface area contributed by atoms with Gasteiger partial charge >= 0.3 is 5.97 Å². The van der Waals surface area contributed by atoms with Crippen LogP contribution in [0.1, 0.15) is 36.0 Å². The average molecular weight is 338 g/mol. The zero-order chi connectivity index (χ0) is 17.5. The number of carbonyl (C=O) groups is 1. The van der Waals surface area contributed by atoms with Gasteiger partial charge in [-0.05, 0) is 32.4 Å². The van der Waals surface area contributed by atoms with Gasteiger partial charge in [0.2, 0.25) is 0 Å². The normalized spacial score (nSPS) is 15.0. The molecule has 1 aliphatic heterocycles. The maximum absolute atomic E-state index is 11.1. The summed E-state index contributed by atoms with van der Waals surface area (Å²) in [5.74, 6) is -1.01. The lowest BCUT2D eigenvalue weighted by Crippen LogP contribution is -2.31. The van der Waals surface area contributed by atoms with E-state index < -0.39 is 22.1 Å². The van der Waals surface area contributed by atoms with Gasteiger partial charge in [0.25, 0.3) is 5.69 Å². The maximum Gasteiger partial charge on any atom is 0.342 e. The molecule has 1 N–H and O–H groups in total. The summed E-state index contributed by atoms with van der Waals surface area (Å²) < 4.78 is 10.7. The Balaban J connectivity index is 2.01. The lowest BCUT2D eigenvalue weighted by atomic mass is 10.1. The molecular formula is C16H22N2O6. The van der Waals surface area contributed by atoms with Crippen LogP contribution in [0, 0.1) is 10.1 Å². The fourth-order valence-electron chi connectivity index (χ4n) is 2.80. The molecule has 1 aliphatic rings. The number of carboxylic acid groups (broad SMARTS) is 1. The van der Waals surface area contributed by atoms with Gasteiger partial charge in [0.05, 0.1) is 24.7 Å². The van der Waals surface area contributed by atoms with Crippen LogP contribution in [0.3, 0.4) is 0 Å². The van der Waals surface area contributed by atoms with Crippen molar-refractivity contribution in [2.75, 3.05) is 33.4 Å². The van der Waals surface area contributed by atoms with Crippen molar-refractivity contribution in [1.82, 2.24) is 4.90 Å². The summed E-state index contributed by atoms with van der Waals surface area (Å²) in [7, 11) is 1.37. The predicted molar refractivity (Wildman–Crippen MR) is 87.0 cm³/mol. The van der Waals surface area contributed by atoms with Crippen molar-refractivity contribution >= 4 is 11.7 Å². The van der Waals surface area contributed by atoms with E-state index in [0.717, 1.165) is 38.2 Å². The van der Waals surface area contributed by atoms with Gasteiger partial charge in [0, 0.05) is 12.6 Å². The van der Waals surface area contributed by atoms with Crippen LogP contribution in [0.5, 0.6) is 11.5 Å². The number of likely N-dealkylation sites (tertiary alicyclic amines) is 1. The molecule has 24 heavy (non-hydrogen) atoms. The number of nitrogens with zero attached hydrogens (tertiary/aromatic N) is 2. The zero-order valence-electron chi connectivity index (χ0n) is 13.7. The van der Waals surface area contributed by atoms with E-state index in [1.54, 1.807) is 0 Å². The van der Waals surface area contributed by atoms with E-state index in [1.165, 1.54) is 26.4 Å². The molecule has 1 aromatic rings. The Bertz CT molecular complexity index is 598. The second-order valence-electron chi connectivity index (χ2n) is 5.69. The van der Waals surface area contributed by atoms with Crippen LogP contribution in [-0.2, 0) is 0 Å². The second kappa shape index (κ2) is 8.49. The molecule has 8 heteroatoms. The van der Waals surface area contributed by atoms with Crippen LogP contribution in [0.15, 0.2) is 12.1 Å². The first-order valence-electron chi connectivity index (χ1n) is 7.98. The molecule has 0 aromatic heterocycles. The van der Waals surface area contributed by atoms with Crippen molar-refractivity contribution in [1.29, 1.82) is 0 Å². The smallest absolute Gasteiger partial charge is 0.342 e. The van der Waals surface area contributed by atoms with Gasteiger partial charge in [-0.15, -0.1) is 0 Å². The molecule has 0 amide bonds. The fourth-order valence-corrected chi connectivity index (χ4v) is 2.80. The molecule has 0 aliphatic carbocycles. The number of nitro benzene ring substituents is 1. The molecule has 1 saturated heterocycles. The fraction of sp³-hybridized carbons (Fsp3) is 0.562. The Kier molecular flexibility index (Phi) is 6.36. The van der Waals surface area contributed by atoms with Crippen LogP contribution in [0.25, 0.3) is 0 Å². The number of hydrogen-bond donors (Lipinski definition) is 1. The molecule has 0 radical (unpaired) electrons. The number of hydrogen-bond acceptors (Lipinski definition) is 6. The van der Waals surface area contributed by atoms with Gasteiger partial charge < -0.3 is 19.5 Å². The van der Waals surface area contributed by atoms with E-state index >= 15 is 0 Å². The van der Waals surface area contributed by atoms with Gasteiger partial charge in [-0.25, -0.2) is 4.79 Å². The predicted octanol–water partition coefficient (Wildman–Crippen LogP) is 2.56. The Morgan fingerprint density at radius 2 is 2.00 bits per heavy atom. The number of nitro groups is 1. The number of ether oxygens (including phenoxy) is 2. The van der Waals surface area contributed by atoms with E-state index in [2.05, 4.69) is 4.90 Å². The zero-order valence-corrected chi connectivity index (χ0v) is 13.7. The van der Waals surface area contributed by atoms with Crippen molar-refractivity contribution in [3.8, 4) is 11.5 Å². The van der Waals surface area contributed by atoms with Crippen molar-refractivity contribution in [2.45, 2.75) is 25.7 Å². The van der Waals surface area contributed by atoms with Gasteiger partial charge in [0.15, 0.2) is 11.5 Å². The summed E-state index contributed by atoms with van der Waals surface area (Å²) in [6.07, 6.45) is 4.51. The van der Waals surface area contributed by atoms with E-state index in [4.69, 9.17) is 14.6 Å². The van der Waals surface area contributed by atoms with Crippen molar-refractivity contribution in [2.24, 2.45) is 0 Å². The minimum atomic E-state index is -1.38. The SMILES string of the molecule is COc1cc(C(=O)O)c([N+](=O)[O-])cc1OCCCN1CCCCC1. The number of aromatic carboxylic acids is 1. The highest BCUT2D eigenvalue weighted by atomic mass is 16.6. The number of piperidine rings is 1. The average Bonchev–Trinajstić information content (AvgIpc) is 2.58. The van der Waals surface area contributed by atoms with Crippen molar-refractivity contribution in [3.63, 3.8) is 0 Å². The van der Waals surface area contributed by atoms with Gasteiger partial charge in [-0.1, -0.05) is 6.42 Å². The Morgan fingerprint density at radius 1 is 1.29 bits per heavy atom. The summed E-state index contributed by atoms with van der Waals surface area (Å²) in [4.78, 5) is 23.8. The molecule has 1 fully saturated rings. The van der Waals surface area contributed by atoms with E-state index in [-0.39, 0.29) is 11.5 Å². The molecular weight excluding hydrogens is 316 g/mol. The molecule has 1 heterocycles. The molecule has 0 spiro atoms. The van der Waals surface area contributed by atoms with Gasteiger partial charge in [-0.3, -0.25) is 10.1 Å². The van der Waals surface area contributed by atoms with Crippen LogP contribution >= 0.6 is 0 Å². The minimum absolute atomic E-state index is 0.177. The van der Waals surface area contributed by atoms with Crippen LogP contribution in [-0.4, -0.2) is 54.3 Å². The largest absolute Gasteiger partial charge is 0.493 e. The Hall–Kier alpha value is -2.35. The van der Waals surface area contributed by atoms with E-state index in [9.17, 15) is 14.9 Å². The third kappa shape index (κ3) is 4.58. The first kappa shape index (κ1) is 18.0. The monoisotopic (exact) mass is 338 g/mol. The summed E-state index contributed by atoms with van der Waals surface area (Å²) in [6.45, 7) is 3.50. The van der Waals surface area contributed by atoms with Crippen LogP contribution in [0.4, 0.5) is 5.69 Å². The molecule has 132 valence electrons. The standard InChI is InChI=1S/C16H22N2O6/c1-23-14-10-12(16(19)20)13(18(21)22)11-15(14)24-9-5-8-17-6-3-2-4-7-17/h10-11H,2-9H2,1H3,(H,19,20). The lowest BCUT2D eigenvalue weighted by Gasteiger charge is -2.26. The summed E-state index contributed by atoms with van der Waals surface area (Å²) in [5, 5.41) is 20.1. The second-order valence-corrected chi connectivity index (χ2v) is 5.69. The van der Waals surface area contributed by atoms with Crippen molar-refractivity contribution < 1.29 is 24.3 Å².